The van der Waals surface area contributed by atoms with Crippen LogP contribution in [0.25, 0.3) is 0 Å². The minimum absolute atomic E-state index is 0.362. The van der Waals surface area contributed by atoms with Crippen molar-refractivity contribution in [2.45, 2.75) is 12.2 Å². The van der Waals surface area contributed by atoms with Crippen LogP contribution in [-0.4, -0.2) is 59.3 Å². The van der Waals surface area contributed by atoms with Crippen LogP contribution < -0.4 is 21.5 Å². The van der Waals surface area contributed by atoms with E-state index in [1.807, 2.05) is 0 Å². The normalized spacial score (nSPS) is 16.9. The molecule has 1 fully saturated rings. The van der Waals surface area contributed by atoms with Gasteiger partial charge in [-0.25, -0.2) is 5.84 Å². The second-order valence-electron chi connectivity index (χ2n) is 4.45. The molecule has 1 saturated heterocycles. The summed E-state index contributed by atoms with van der Waals surface area (Å²) in [6.45, 7) is 5.84. The molecule has 0 amide bonds. The quantitative estimate of drug-likeness (QED) is 0.500. The molecule has 0 aliphatic carbocycles. The SMILES string of the molecule is CSC(C)CNc1nc(NN)nc(N2CCOCC2)n1. The number of hydrogen-bond donors (Lipinski definition) is 3. The molecular weight excluding hydrogens is 278 g/mol. The number of nitrogens with zero attached hydrogens (tertiary/aromatic N) is 4. The van der Waals surface area contributed by atoms with Crippen LogP contribution in [0, 0.1) is 0 Å². The zero-order valence-electron chi connectivity index (χ0n) is 11.8. The number of anilines is 3. The van der Waals surface area contributed by atoms with Gasteiger partial charge in [0.05, 0.1) is 13.2 Å². The average Bonchev–Trinajstić information content (AvgIpc) is 2.53. The highest BCUT2D eigenvalue weighted by molar-refractivity contribution is 7.99. The molecule has 1 aromatic rings. The molecule has 0 bridgehead atoms. The highest BCUT2D eigenvalue weighted by Crippen LogP contribution is 2.15. The second-order valence-corrected chi connectivity index (χ2v) is 5.73. The fraction of sp³-hybridized carbons (Fsp3) is 0.727. The molecule has 0 radical (unpaired) electrons. The largest absolute Gasteiger partial charge is 0.378 e. The molecule has 20 heavy (non-hydrogen) atoms. The topological polar surface area (TPSA) is 101 Å². The number of thioether (sulfide) groups is 1. The Hall–Kier alpha value is -1.32. The van der Waals surface area contributed by atoms with E-state index in [4.69, 9.17) is 10.6 Å². The number of ether oxygens (including phenoxy) is 1. The van der Waals surface area contributed by atoms with E-state index in [1.54, 1.807) is 11.8 Å². The summed E-state index contributed by atoms with van der Waals surface area (Å²) in [4.78, 5) is 15.0. The van der Waals surface area contributed by atoms with Gasteiger partial charge >= 0.3 is 0 Å². The Morgan fingerprint density at radius 3 is 2.65 bits per heavy atom. The summed E-state index contributed by atoms with van der Waals surface area (Å²) in [6, 6.07) is 0. The minimum Gasteiger partial charge on any atom is -0.378 e. The lowest BCUT2D eigenvalue weighted by molar-refractivity contribution is 0.122. The van der Waals surface area contributed by atoms with Crippen LogP contribution in [-0.2, 0) is 4.74 Å². The molecule has 1 atom stereocenters. The summed E-state index contributed by atoms with van der Waals surface area (Å²) >= 11 is 1.79. The van der Waals surface area contributed by atoms with Gasteiger partial charge in [0.25, 0.3) is 0 Å². The first-order valence-corrected chi connectivity index (χ1v) is 7.83. The molecule has 112 valence electrons. The lowest BCUT2D eigenvalue weighted by Gasteiger charge is -2.27. The first kappa shape index (κ1) is 15.1. The van der Waals surface area contributed by atoms with Crippen LogP contribution in [0.3, 0.4) is 0 Å². The van der Waals surface area contributed by atoms with Gasteiger partial charge in [-0.15, -0.1) is 0 Å². The fourth-order valence-corrected chi connectivity index (χ4v) is 1.98. The van der Waals surface area contributed by atoms with E-state index < -0.39 is 0 Å². The first-order valence-electron chi connectivity index (χ1n) is 6.55. The number of aromatic nitrogens is 3. The Balaban J connectivity index is 2.10. The predicted octanol–water partition coefficient (Wildman–Crippen LogP) is 0.157. The van der Waals surface area contributed by atoms with Gasteiger partial charge in [0.2, 0.25) is 17.8 Å². The third-order valence-electron chi connectivity index (χ3n) is 3.00. The molecule has 8 nitrogen and oxygen atoms in total. The Bertz CT molecular complexity index is 427. The van der Waals surface area contributed by atoms with E-state index >= 15 is 0 Å². The van der Waals surface area contributed by atoms with Gasteiger partial charge in [0.1, 0.15) is 0 Å². The zero-order chi connectivity index (χ0) is 14.4. The zero-order valence-corrected chi connectivity index (χ0v) is 12.6. The number of nitrogens with two attached hydrogens (primary N) is 1. The van der Waals surface area contributed by atoms with Gasteiger partial charge in [-0.05, 0) is 6.26 Å². The van der Waals surface area contributed by atoms with Gasteiger partial charge in [0.15, 0.2) is 0 Å². The summed E-state index contributed by atoms with van der Waals surface area (Å²) in [7, 11) is 0. The fourth-order valence-electron chi connectivity index (χ4n) is 1.73. The van der Waals surface area contributed by atoms with E-state index in [9.17, 15) is 0 Å². The number of morpholine rings is 1. The molecule has 0 aromatic carbocycles. The van der Waals surface area contributed by atoms with Crippen molar-refractivity contribution >= 4 is 29.6 Å². The van der Waals surface area contributed by atoms with Gasteiger partial charge in [0, 0.05) is 24.9 Å². The van der Waals surface area contributed by atoms with Crippen molar-refractivity contribution in [3.63, 3.8) is 0 Å². The van der Waals surface area contributed by atoms with Crippen LogP contribution in [0.2, 0.25) is 0 Å². The van der Waals surface area contributed by atoms with Crippen molar-refractivity contribution in [2.24, 2.45) is 5.84 Å². The molecule has 0 spiro atoms. The Kier molecular flexibility index (Phi) is 5.62. The molecule has 1 aliphatic heterocycles. The molecule has 2 heterocycles. The molecule has 0 saturated carbocycles. The van der Waals surface area contributed by atoms with Crippen molar-refractivity contribution in [1.29, 1.82) is 0 Å². The van der Waals surface area contributed by atoms with Crippen LogP contribution >= 0.6 is 11.8 Å². The van der Waals surface area contributed by atoms with E-state index in [0.717, 1.165) is 19.6 Å². The van der Waals surface area contributed by atoms with E-state index in [0.29, 0.717) is 36.3 Å². The smallest absolute Gasteiger partial charge is 0.243 e. The molecule has 9 heteroatoms. The average molecular weight is 299 g/mol. The van der Waals surface area contributed by atoms with Crippen LogP contribution in [0.1, 0.15) is 6.92 Å². The maximum absolute atomic E-state index is 5.42. The number of hydrazine groups is 1. The van der Waals surface area contributed by atoms with Gasteiger partial charge in [-0.1, -0.05) is 6.92 Å². The summed E-state index contributed by atoms with van der Waals surface area (Å²) in [5.41, 5.74) is 2.48. The van der Waals surface area contributed by atoms with Crippen molar-refractivity contribution in [3.8, 4) is 0 Å². The summed E-state index contributed by atoms with van der Waals surface area (Å²) in [6.07, 6.45) is 2.08. The highest BCUT2D eigenvalue weighted by atomic mass is 32.2. The summed E-state index contributed by atoms with van der Waals surface area (Å²) in [5, 5.41) is 3.69. The maximum Gasteiger partial charge on any atom is 0.243 e. The summed E-state index contributed by atoms with van der Waals surface area (Å²) < 4.78 is 5.33. The van der Waals surface area contributed by atoms with Crippen molar-refractivity contribution in [2.75, 3.05) is 54.7 Å². The van der Waals surface area contributed by atoms with Crippen molar-refractivity contribution < 1.29 is 4.74 Å². The van der Waals surface area contributed by atoms with E-state index in [1.165, 1.54) is 0 Å². The van der Waals surface area contributed by atoms with Crippen LogP contribution in [0.4, 0.5) is 17.8 Å². The summed E-state index contributed by atoms with van der Waals surface area (Å²) in [5.74, 6) is 6.94. The lowest BCUT2D eigenvalue weighted by atomic mass is 10.4. The molecule has 4 N–H and O–H groups in total. The van der Waals surface area contributed by atoms with Crippen molar-refractivity contribution in [3.05, 3.63) is 0 Å². The highest BCUT2D eigenvalue weighted by Gasteiger charge is 2.16. The maximum atomic E-state index is 5.42. The number of nitrogens with one attached hydrogen (secondary N) is 2. The molecule has 2 rings (SSSR count). The Morgan fingerprint density at radius 2 is 2.00 bits per heavy atom. The molecular formula is C11H21N7OS. The number of rotatable bonds is 6. The van der Waals surface area contributed by atoms with Gasteiger partial charge < -0.3 is 15.0 Å². The standard InChI is InChI=1S/C11H21N7OS/c1-8(20-2)7-13-9-14-10(17-12)16-11(15-9)18-3-5-19-6-4-18/h8H,3-7,12H2,1-2H3,(H2,13,14,15,16,17). The Morgan fingerprint density at radius 1 is 1.30 bits per heavy atom. The number of hydrogen-bond acceptors (Lipinski definition) is 9. The molecule has 1 aromatic heterocycles. The van der Waals surface area contributed by atoms with Gasteiger partial charge in [-0.3, -0.25) is 5.43 Å². The third kappa shape index (κ3) is 4.09. The third-order valence-corrected chi connectivity index (χ3v) is 3.97. The second kappa shape index (κ2) is 7.46. The monoisotopic (exact) mass is 299 g/mol. The minimum atomic E-state index is 0.362. The van der Waals surface area contributed by atoms with E-state index in [-0.39, 0.29) is 0 Å². The van der Waals surface area contributed by atoms with Gasteiger partial charge in [-0.2, -0.15) is 26.7 Å². The lowest BCUT2D eigenvalue weighted by Crippen LogP contribution is -2.37. The Labute approximate surface area is 122 Å². The van der Waals surface area contributed by atoms with Crippen molar-refractivity contribution in [1.82, 2.24) is 15.0 Å². The van der Waals surface area contributed by atoms with E-state index in [2.05, 4.69) is 43.8 Å². The van der Waals surface area contributed by atoms with Crippen LogP contribution in [0.15, 0.2) is 0 Å². The first-order chi connectivity index (χ1) is 9.72. The van der Waals surface area contributed by atoms with Crippen LogP contribution in [0.5, 0.6) is 0 Å². The number of nitrogen functional groups attached to an aromatic ring is 1. The molecule has 1 unspecified atom stereocenters. The molecule has 1 aliphatic rings. The predicted molar refractivity (Wildman–Crippen MR) is 82.1 cm³/mol.